The normalized spacial score (nSPS) is 52.5. The molecule has 0 aromatic rings. The molecule has 0 aromatic carbocycles. The largest absolute Gasteiger partial charge is 0.300 e. The fourth-order valence-corrected chi connectivity index (χ4v) is 7.63. The highest BCUT2D eigenvalue weighted by molar-refractivity contribution is 5.84. The van der Waals surface area contributed by atoms with Crippen molar-refractivity contribution in [2.75, 3.05) is 0 Å². The summed E-state index contributed by atoms with van der Waals surface area (Å²) in [4.78, 5) is 25.3. The maximum Gasteiger partial charge on any atom is 0.136 e. The van der Waals surface area contributed by atoms with E-state index in [1.807, 2.05) is 0 Å². The quantitative estimate of drug-likeness (QED) is 0.696. The zero-order valence-electron chi connectivity index (χ0n) is 15.1. The van der Waals surface area contributed by atoms with Crippen molar-refractivity contribution in [2.24, 2.45) is 40.4 Å². The van der Waals surface area contributed by atoms with E-state index >= 15 is 0 Å². The van der Waals surface area contributed by atoms with Gasteiger partial charge in [0, 0.05) is 18.3 Å². The first kappa shape index (κ1) is 15.8. The second-order valence-electron chi connectivity index (χ2n) is 9.64. The van der Waals surface area contributed by atoms with Gasteiger partial charge in [0.25, 0.3) is 0 Å². The molecule has 4 aliphatic carbocycles. The van der Waals surface area contributed by atoms with E-state index < -0.39 is 0 Å². The van der Waals surface area contributed by atoms with Gasteiger partial charge in [-0.2, -0.15) is 0 Å². The Labute approximate surface area is 140 Å². The topological polar surface area (TPSA) is 34.1 Å². The summed E-state index contributed by atoms with van der Waals surface area (Å²) in [6.07, 6.45) is 10.6. The predicted octanol–water partition coefficient (Wildman–Crippen LogP) is 4.80. The molecular formula is C21H32O2. The number of carbonyl (C=O) groups excluding carboxylic acids is 2. The van der Waals surface area contributed by atoms with Crippen molar-refractivity contribution < 1.29 is 9.59 Å². The van der Waals surface area contributed by atoms with Gasteiger partial charge in [0.2, 0.25) is 0 Å². The lowest BCUT2D eigenvalue weighted by Gasteiger charge is -2.59. The van der Waals surface area contributed by atoms with Gasteiger partial charge in [0.1, 0.15) is 11.6 Å². The highest BCUT2D eigenvalue weighted by Gasteiger charge is 2.62. The summed E-state index contributed by atoms with van der Waals surface area (Å²) in [6, 6.07) is 0. The molecule has 2 nitrogen and oxygen atoms in total. The van der Waals surface area contributed by atoms with Crippen molar-refractivity contribution >= 4 is 11.6 Å². The molecule has 4 rings (SSSR count). The van der Waals surface area contributed by atoms with Crippen LogP contribution in [0, 0.1) is 40.4 Å². The molecule has 0 aliphatic heterocycles. The Morgan fingerprint density at radius 3 is 2.43 bits per heavy atom. The number of rotatable bonds is 1. The standard InChI is InChI=1S/C21H32O2/c1-13(22)15-7-8-16-19-17(9-11-21(15,16)3)20(2)10-5-4-6-14(20)12-18(19)23/h14-17,19H,4-12H2,1-3H3/t14-,15?,16?,17?,19?,20?,21?/m1/s1. The van der Waals surface area contributed by atoms with Crippen LogP contribution in [-0.2, 0) is 9.59 Å². The van der Waals surface area contributed by atoms with E-state index in [0.29, 0.717) is 34.7 Å². The molecule has 0 bridgehead atoms. The third-order valence-electron chi connectivity index (χ3n) is 8.88. The monoisotopic (exact) mass is 316 g/mol. The predicted molar refractivity (Wildman–Crippen MR) is 90.9 cm³/mol. The summed E-state index contributed by atoms with van der Waals surface area (Å²) in [7, 11) is 0. The Kier molecular flexibility index (Phi) is 3.56. The molecule has 0 radical (unpaired) electrons. The second-order valence-corrected chi connectivity index (χ2v) is 9.64. The van der Waals surface area contributed by atoms with Crippen molar-refractivity contribution in [1.82, 2.24) is 0 Å². The van der Waals surface area contributed by atoms with Gasteiger partial charge in [-0.25, -0.2) is 0 Å². The summed E-state index contributed by atoms with van der Waals surface area (Å²) in [5, 5.41) is 0. The molecule has 0 heterocycles. The van der Waals surface area contributed by atoms with E-state index in [1.165, 1.54) is 38.5 Å². The molecular weight excluding hydrogens is 284 g/mol. The van der Waals surface area contributed by atoms with Crippen LogP contribution in [0.4, 0.5) is 0 Å². The number of hydrogen-bond acceptors (Lipinski definition) is 2. The zero-order chi connectivity index (χ0) is 16.4. The van der Waals surface area contributed by atoms with E-state index in [9.17, 15) is 9.59 Å². The van der Waals surface area contributed by atoms with Crippen LogP contribution in [0.2, 0.25) is 0 Å². The summed E-state index contributed by atoms with van der Waals surface area (Å²) in [5.41, 5.74) is 0.493. The molecule has 2 heteroatoms. The first-order valence-electron chi connectivity index (χ1n) is 9.91. The molecule has 0 aromatic heterocycles. The van der Waals surface area contributed by atoms with Crippen LogP contribution in [-0.4, -0.2) is 11.6 Å². The van der Waals surface area contributed by atoms with Crippen molar-refractivity contribution in [3.8, 4) is 0 Å². The number of fused-ring (bicyclic) bond motifs is 5. The van der Waals surface area contributed by atoms with Gasteiger partial charge in [-0.15, -0.1) is 0 Å². The Morgan fingerprint density at radius 2 is 1.70 bits per heavy atom. The Morgan fingerprint density at radius 1 is 0.957 bits per heavy atom. The Hall–Kier alpha value is -0.660. The van der Waals surface area contributed by atoms with Crippen molar-refractivity contribution in [2.45, 2.75) is 78.6 Å². The number of hydrogen-bond donors (Lipinski definition) is 0. The van der Waals surface area contributed by atoms with E-state index in [0.717, 1.165) is 19.3 Å². The van der Waals surface area contributed by atoms with Gasteiger partial charge >= 0.3 is 0 Å². The van der Waals surface area contributed by atoms with Gasteiger partial charge < -0.3 is 0 Å². The van der Waals surface area contributed by atoms with E-state index in [2.05, 4.69) is 13.8 Å². The lowest BCUT2D eigenvalue weighted by Crippen LogP contribution is -2.56. The van der Waals surface area contributed by atoms with Crippen molar-refractivity contribution in [3.05, 3.63) is 0 Å². The molecule has 4 saturated carbocycles. The molecule has 7 atom stereocenters. The first-order chi connectivity index (χ1) is 10.9. The van der Waals surface area contributed by atoms with Crippen LogP contribution in [0.15, 0.2) is 0 Å². The second kappa shape index (κ2) is 5.17. The minimum Gasteiger partial charge on any atom is -0.300 e. The molecule has 4 aliphatic rings. The first-order valence-corrected chi connectivity index (χ1v) is 9.91. The van der Waals surface area contributed by atoms with Crippen LogP contribution in [0.3, 0.4) is 0 Å². The summed E-state index contributed by atoms with van der Waals surface area (Å²) in [6.45, 7) is 6.60. The summed E-state index contributed by atoms with van der Waals surface area (Å²) < 4.78 is 0. The van der Waals surface area contributed by atoms with Crippen LogP contribution in [0.25, 0.3) is 0 Å². The van der Waals surface area contributed by atoms with Crippen LogP contribution in [0.5, 0.6) is 0 Å². The van der Waals surface area contributed by atoms with Gasteiger partial charge in [-0.3, -0.25) is 9.59 Å². The van der Waals surface area contributed by atoms with Gasteiger partial charge in [0.05, 0.1) is 0 Å². The van der Waals surface area contributed by atoms with Crippen LogP contribution in [0.1, 0.15) is 78.6 Å². The average Bonchev–Trinajstić information content (AvgIpc) is 2.85. The average molecular weight is 316 g/mol. The zero-order valence-corrected chi connectivity index (χ0v) is 15.1. The summed E-state index contributed by atoms with van der Waals surface area (Å²) in [5.74, 6) is 3.09. The lowest BCUT2D eigenvalue weighted by atomic mass is 9.44. The number of Topliss-reactive ketones (excluding diaryl/α,β-unsaturated/α-hetero) is 2. The van der Waals surface area contributed by atoms with E-state index in [4.69, 9.17) is 0 Å². The Bertz CT molecular complexity index is 538. The summed E-state index contributed by atoms with van der Waals surface area (Å²) >= 11 is 0. The fraction of sp³-hybridized carbons (Fsp3) is 0.905. The van der Waals surface area contributed by atoms with Gasteiger partial charge in [-0.1, -0.05) is 26.7 Å². The van der Waals surface area contributed by atoms with E-state index in [-0.39, 0.29) is 17.3 Å². The fourth-order valence-electron chi connectivity index (χ4n) is 7.63. The molecule has 6 unspecified atom stereocenters. The third-order valence-corrected chi connectivity index (χ3v) is 8.88. The van der Waals surface area contributed by atoms with Crippen molar-refractivity contribution in [1.29, 1.82) is 0 Å². The molecule has 0 N–H and O–H groups in total. The maximum absolute atomic E-state index is 13.1. The number of carbonyl (C=O) groups is 2. The van der Waals surface area contributed by atoms with Crippen LogP contribution < -0.4 is 0 Å². The van der Waals surface area contributed by atoms with Crippen LogP contribution >= 0.6 is 0 Å². The highest BCUT2D eigenvalue weighted by Crippen LogP contribution is 2.66. The van der Waals surface area contributed by atoms with Crippen molar-refractivity contribution in [3.63, 3.8) is 0 Å². The number of ketones is 2. The third kappa shape index (κ3) is 2.05. The highest BCUT2D eigenvalue weighted by atomic mass is 16.1. The molecule has 0 amide bonds. The minimum absolute atomic E-state index is 0.0977. The molecule has 23 heavy (non-hydrogen) atoms. The molecule has 0 spiro atoms. The maximum atomic E-state index is 13.1. The van der Waals surface area contributed by atoms with Gasteiger partial charge in [0.15, 0.2) is 0 Å². The molecule has 0 saturated heterocycles. The minimum atomic E-state index is 0.0977. The SMILES string of the molecule is CC(=O)C1CCC2C3C(=O)C[C@H]4CCCCC4(C)C3CCC12C. The Balaban J connectivity index is 1.69. The lowest BCUT2D eigenvalue weighted by molar-refractivity contribution is -0.157. The smallest absolute Gasteiger partial charge is 0.136 e. The molecule has 4 fully saturated rings. The van der Waals surface area contributed by atoms with Gasteiger partial charge in [-0.05, 0) is 74.0 Å². The van der Waals surface area contributed by atoms with E-state index in [1.54, 1.807) is 6.92 Å². The molecule has 128 valence electrons.